The zero-order chi connectivity index (χ0) is 29.2. The minimum atomic E-state index is -0.836. The average molecular weight is 555 g/mol. The first-order chi connectivity index (χ1) is 18.8. The standard InChI is InChI=1S/C32H42O8/c1-8-17(2)29(36)40-28-20-13-19-21(32(6,26(20)35)23(30(28,3)4)15-24(33)37-7)9-11-31(5)22(19)14-25(34)39-27(31)18-10-12-38-16-18/h8,10,12,16,19-23,27-28H,9,11,13-15H2,1-7H3/b17-8+/t19-,20+,21-,22-,23-,27-,28+,31+,32+/m0/s1. The van der Waals surface area contributed by atoms with Gasteiger partial charge in [-0.15, -0.1) is 0 Å². The first-order valence-corrected chi connectivity index (χ1v) is 14.5. The van der Waals surface area contributed by atoms with Gasteiger partial charge in [-0.2, -0.15) is 0 Å². The Morgan fingerprint density at radius 2 is 1.88 bits per heavy atom. The van der Waals surface area contributed by atoms with Gasteiger partial charge < -0.3 is 18.6 Å². The van der Waals surface area contributed by atoms with Crippen molar-refractivity contribution in [3.8, 4) is 0 Å². The molecule has 3 saturated carbocycles. The lowest BCUT2D eigenvalue weighted by Gasteiger charge is -2.66. The highest BCUT2D eigenvalue weighted by Crippen LogP contribution is 2.70. The largest absolute Gasteiger partial charge is 0.472 e. The van der Waals surface area contributed by atoms with Crippen LogP contribution < -0.4 is 0 Å². The minimum absolute atomic E-state index is 0.0203. The van der Waals surface area contributed by atoms with Gasteiger partial charge in [0.2, 0.25) is 0 Å². The fourth-order valence-electron chi connectivity index (χ4n) is 9.23. The number of furan rings is 1. The molecule has 0 radical (unpaired) electrons. The van der Waals surface area contributed by atoms with Gasteiger partial charge in [0.05, 0.1) is 25.6 Å². The lowest BCUT2D eigenvalue weighted by Crippen LogP contribution is -2.69. The molecule has 2 heterocycles. The van der Waals surface area contributed by atoms with Crippen LogP contribution in [0.4, 0.5) is 0 Å². The molecule has 0 spiro atoms. The predicted octanol–water partition coefficient (Wildman–Crippen LogP) is 5.61. The van der Waals surface area contributed by atoms with Crippen molar-refractivity contribution < 1.29 is 37.8 Å². The van der Waals surface area contributed by atoms with E-state index in [0.29, 0.717) is 12.0 Å². The van der Waals surface area contributed by atoms with E-state index in [4.69, 9.17) is 18.6 Å². The Balaban J connectivity index is 1.61. The van der Waals surface area contributed by atoms with Gasteiger partial charge in [-0.1, -0.05) is 33.8 Å². The molecule has 8 nitrogen and oxygen atoms in total. The molecule has 3 aliphatic carbocycles. The number of methoxy groups -OCH3 is 1. The number of ether oxygens (including phenoxy) is 3. The molecule has 1 aliphatic heterocycles. The molecule has 4 fully saturated rings. The van der Waals surface area contributed by atoms with Crippen LogP contribution in [0.5, 0.6) is 0 Å². The van der Waals surface area contributed by atoms with Crippen molar-refractivity contribution in [1.29, 1.82) is 0 Å². The Morgan fingerprint density at radius 3 is 2.50 bits per heavy atom. The number of hydrogen-bond donors (Lipinski definition) is 0. The Labute approximate surface area is 236 Å². The molecule has 0 amide bonds. The molecular formula is C32H42O8. The van der Waals surface area contributed by atoms with E-state index in [0.717, 1.165) is 18.4 Å². The van der Waals surface area contributed by atoms with Crippen molar-refractivity contribution in [2.24, 2.45) is 45.8 Å². The molecule has 1 aromatic rings. The fourth-order valence-corrected chi connectivity index (χ4v) is 9.23. The van der Waals surface area contributed by atoms with Gasteiger partial charge >= 0.3 is 17.9 Å². The van der Waals surface area contributed by atoms with E-state index in [1.54, 1.807) is 32.4 Å². The Hall–Kier alpha value is -2.90. The molecule has 40 heavy (non-hydrogen) atoms. The lowest BCUT2D eigenvalue weighted by atomic mass is 9.37. The maximum absolute atomic E-state index is 14.5. The second-order valence-electron chi connectivity index (χ2n) is 13.5. The number of hydrogen-bond acceptors (Lipinski definition) is 8. The second-order valence-corrected chi connectivity index (χ2v) is 13.5. The van der Waals surface area contributed by atoms with Gasteiger partial charge in [-0.05, 0) is 62.8 Å². The SMILES string of the molecule is C/C=C(\C)C(=O)O[C@@H]1[C@@H]2C[C@@H]3[C@@H]4CC(=O)O[C@@H](c5ccoc5)[C@]4(C)CC[C@@H]3[C@@](C)(C2=O)[C@@H](CC(=O)OC)C1(C)C. The maximum atomic E-state index is 14.5. The van der Waals surface area contributed by atoms with Crippen molar-refractivity contribution >= 4 is 23.7 Å². The first kappa shape index (κ1) is 28.6. The summed E-state index contributed by atoms with van der Waals surface area (Å²) in [6, 6.07) is 1.85. The third-order valence-corrected chi connectivity index (χ3v) is 11.4. The van der Waals surface area contributed by atoms with Crippen molar-refractivity contribution in [1.82, 2.24) is 0 Å². The van der Waals surface area contributed by atoms with E-state index in [1.165, 1.54) is 7.11 Å². The van der Waals surface area contributed by atoms with Crippen LogP contribution >= 0.6 is 0 Å². The smallest absolute Gasteiger partial charge is 0.333 e. The number of Topliss-reactive ketones (excluding diaryl/α,β-unsaturated/α-hetero) is 1. The molecule has 1 saturated heterocycles. The summed E-state index contributed by atoms with van der Waals surface area (Å²) in [6.45, 7) is 11.7. The van der Waals surface area contributed by atoms with Crippen LogP contribution in [-0.2, 0) is 33.4 Å². The number of fused-ring (bicyclic) bond motifs is 6. The highest BCUT2D eigenvalue weighted by Gasteiger charge is 2.71. The van der Waals surface area contributed by atoms with E-state index >= 15 is 0 Å². The number of ketones is 1. The van der Waals surface area contributed by atoms with Crippen LogP contribution in [0.2, 0.25) is 0 Å². The highest BCUT2D eigenvalue weighted by atomic mass is 16.6. The normalized spacial score (nSPS) is 40.4. The summed E-state index contributed by atoms with van der Waals surface area (Å²) >= 11 is 0. The Bertz CT molecular complexity index is 1230. The zero-order valence-electron chi connectivity index (χ0n) is 24.7. The molecule has 8 heteroatoms. The van der Waals surface area contributed by atoms with Gasteiger partial charge in [-0.25, -0.2) is 4.79 Å². The molecule has 2 bridgehead atoms. The van der Waals surface area contributed by atoms with Crippen LogP contribution in [0, 0.1) is 45.8 Å². The number of rotatable bonds is 5. The Morgan fingerprint density at radius 1 is 1.15 bits per heavy atom. The van der Waals surface area contributed by atoms with E-state index in [9.17, 15) is 19.2 Å². The molecule has 4 aliphatic rings. The van der Waals surface area contributed by atoms with Gasteiger partial charge in [0, 0.05) is 40.2 Å². The van der Waals surface area contributed by atoms with Crippen molar-refractivity contribution in [2.45, 2.75) is 85.9 Å². The molecule has 1 aromatic heterocycles. The predicted molar refractivity (Wildman–Crippen MR) is 144 cm³/mol. The summed E-state index contributed by atoms with van der Waals surface area (Å²) in [5, 5.41) is 0. The third kappa shape index (κ3) is 4.07. The molecule has 0 N–H and O–H groups in total. The summed E-state index contributed by atoms with van der Waals surface area (Å²) in [6.07, 6.45) is 6.21. The van der Waals surface area contributed by atoms with Gasteiger partial charge in [-0.3, -0.25) is 14.4 Å². The number of cyclic esters (lactones) is 1. The third-order valence-electron chi connectivity index (χ3n) is 11.4. The van der Waals surface area contributed by atoms with Crippen LogP contribution in [0.3, 0.4) is 0 Å². The number of esters is 3. The fraction of sp³-hybridized carbons (Fsp3) is 0.688. The Kier molecular flexibility index (Phi) is 7.07. The summed E-state index contributed by atoms with van der Waals surface area (Å²) < 4.78 is 22.6. The minimum Gasteiger partial charge on any atom is -0.472 e. The second kappa shape index (κ2) is 9.88. The average Bonchev–Trinajstić information content (AvgIpc) is 3.45. The number of allylic oxidation sites excluding steroid dienone is 1. The summed E-state index contributed by atoms with van der Waals surface area (Å²) in [5.41, 5.74) is -0.529. The van der Waals surface area contributed by atoms with Gasteiger partial charge in [0.15, 0.2) is 0 Å². The van der Waals surface area contributed by atoms with E-state index in [1.807, 2.05) is 26.8 Å². The van der Waals surface area contributed by atoms with Crippen LogP contribution in [-0.4, -0.2) is 36.9 Å². The first-order valence-electron chi connectivity index (χ1n) is 14.5. The van der Waals surface area contributed by atoms with Crippen molar-refractivity contribution in [3.05, 3.63) is 35.8 Å². The highest BCUT2D eigenvalue weighted by molar-refractivity contribution is 5.92. The number of carbonyl (C=O) groups is 4. The molecular weight excluding hydrogens is 512 g/mol. The summed E-state index contributed by atoms with van der Waals surface area (Å²) in [7, 11) is 1.36. The molecule has 0 unspecified atom stereocenters. The summed E-state index contributed by atoms with van der Waals surface area (Å²) in [5.74, 6) is -1.99. The number of carbonyl (C=O) groups excluding carboxylic acids is 4. The zero-order valence-corrected chi connectivity index (χ0v) is 24.7. The van der Waals surface area contributed by atoms with Crippen molar-refractivity contribution in [2.75, 3.05) is 7.11 Å². The van der Waals surface area contributed by atoms with E-state index in [-0.39, 0.29) is 53.7 Å². The van der Waals surface area contributed by atoms with Crippen LogP contribution in [0.15, 0.2) is 34.7 Å². The maximum Gasteiger partial charge on any atom is 0.333 e. The van der Waals surface area contributed by atoms with Crippen LogP contribution in [0.1, 0.15) is 85.3 Å². The van der Waals surface area contributed by atoms with E-state index in [2.05, 4.69) is 6.92 Å². The molecule has 218 valence electrons. The van der Waals surface area contributed by atoms with Gasteiger partial charge in [0.25, 0.3) is 0 Å². The molecule has 9 atom stereocenters. The molecule has 5 rings (SSSR count). The quantitative estimate of drug-likeness (QED) is 0.263. The van der Waals surface area contributed by atoms with Gasteiger partial charge in [0.1, 0.15) is 18.0 Å². The van der Waals surface area contributed by atoms with E-state index < -0.39 is 40.8 Å². The lowest BCUT2D eigenvalue weighted by molar-refractivity contribution is -0.230. The van der Waals surface area contributed by atoms with Crippen molar-refractivity contribution in [3.63, 3.8) is 0 Å². The summed E-state index contributed by atoms with van der Waals surface area (Å²) in [4.78, 5) is 53.4. The monoisotopic (exact) mass is 554 g/mol. The molecule has 0 aromatic carbocycles. The topological polar surface area (TPSA) is 109 Å². The van der Waals surface area contributed by atoms with Crippen LogP contribution in [0.25, 0.3) is 0 Å².